The monoisotopic (exact) mass is 427 g/mol. The summed E-state index contributed by atoms with van der Waals surface area (Å²) in [6.07, 6.45) is 2.10. The minimum absolute atomic E-state index is 0.126. The zero-order valence-electron chi connectivity index (χ0n) is 16.8. The zero-order valence-corrected chi connectivity index (χ0v) is 16.8. The molecule has 0 bridgehead atoms. The number of nitro groups is 1. The molecule has 0 aliphatic carbocycles. The molecule has 0 radical (unpaired) electrons. The smallest absolute Gasteiger partial charge is 0.343 e. The summed E-state index contributed by atoms with van der Waals surface area (Å²) in [6, 6.07) is 9.65. The fraction of sp³-hybridized carbons (Fsp3) is 0.250. The number of hydrazine groups is 1. The van der Waals surface area contributed by atoms with Crippen LogP contribution in [-0.2, 0) is 4.79 Å². The van der Waals surface area contributed by atoms with Crippen LogP contribution in [0.5, 0.6) is 11.5 Å². The molecule has 2 aromatic carbocycles. The standard InChI is InChI=1S/C20H21N5O6/c1-12-9-16(23-22-12)19(26)24-21-11-13-3-8-17(18(10-13)30-2)31-20(27)14-4-6-15(7-5-14)25(28)29/h3-8,10-12,16,22-23H,9H2,1-2H3,(H,24,26)/b21-11+. The molecule has 2 aromatic rings. The van der Waals surface area contributed by atoms with Crippen molar-refractivity contribution in [1.82, 2.24) is 16.3 Å². The van der Waals surface area contributed by atoms with Gasteiger partial charge in [-0.3, -0.25) is 20.3 Å². The minimum Gasteiger partial charge on any atom is -0.493 e. The molecule has 2 atom stereocenters. The Labute approximate surface area is 177 Å². The predicted octanol–water partition coefficient (Wildman–Crippen LogP) is 1.53. The third-order valence-electron chi connectivity index (χ3n) is 4.50. The lowest BCUT2D eigenvalue weighted by molar-refractivity contribution is -0.384. The molecule has 1 aliphatic heterocycles. The number of methoxy groups -OCH3 is 1. The Kier molecular flexibility index (Phi) is 6.90. The van der Waals surface area contributed by atoms with Gasteiger partial charge in [-0.05, 0) is 49.2 Å². The number of non-ortho nitro benzene ring substituents is 1. The number of amides is 1. The molecule has 11 nitrogen and oxygen atoms in total. The molecule has 31 heavy (non-hydrogen) atoms. The summed E-state index contributed by atoms with van der Waals surface area (Å²) < 4.78 is 10.6. The van der Waals surface area contributed by atoms with Crippen molar-refractivity contribution in [3.8, 4) is 11.5 Å². The molecule has 0 spiro atoms. The van der Waals surface area contributed by atoms with Gasteiger partial charge in [0.1, 0.15) is 6.04 Å². The summed E-state index contributed by atoms with van der Waals surface area (Å²) in [5.74, 6) is -0.495. The normalized spacial score (nSPS) is 18.0. The van der Waals surface area contributed by atoms with Crippen LogP contribution < -0.4 is 25.8 Å². The molecule has 1 heterocycles. The molecule has 1 amide bonds. The maximum atomic E-state index is 12.3. The fourth-order valence-corrected chi connectivity index (χ4v) is 2.86. The largest absolute Gasteiger partial charge is 0.493 e. The Hall–Kier alpha value is -3.83. The molecule has 0 saturated carbocycles. The van der Waals surface area contributed by atoms with Crippen LogP contribution in [0, 0.1) is 10.1 Å². The Morgan fingerprint density at radius 1 is 1.19 bits per heavy atom. The van der Waals surface area contributed by atoms with Gasteiger partial charge in [-0.1, -0.05) is 0 Å². The van der Waals surface area contributed by atoms with E-state index in [1.165, 1.54) is 43.7 Å². The van der Waals surface area contributed by atoms with E-state index in [1.807, 2.05) is 6.92 Å². The molecule has 0 aromatic heterocycles. The van der Waals surface area contributed by atoms with Crippen molar-refractivity contribution in [2.75, 3.05) is 7.11 Å². The molecule has 162 valence electrons. The van der Waals surface area contributed by atoms with Crippen molar-refractivity contribution in [2.24, 2.45) is 5.10 Å². The second kappa shape index (κ2) is 9.78. The number of nitro benzene ring substituents is 1. The Bertz CT molecular complexity index is 1010. The van der Waals surface area contributed by atoms with E-state index in [0.29, 0.717) is 12.0 Å². The van der Waals surface area contributed by atoms with Gasteiger partial charge in [0, 0.05) is 18.2 Å². The van der Waals surface area contributed by atoms with E-state index in [-0.39, 0.29) is 40.7 Å². The second-order valence-electron chi connectivity index (χ2n) is 6.82. The SMILES string of the molecule is COc1cc(/C=N/NC(=O)C2CC(C)NN2)ccc1OC(=O)c1ccc([N+](=O)[O-])cc1. The first-order valence-corrected chi connectivity index (χ1v) is 9.36. The van der Waals surface area contributed by atoms with Gasteiger partial charge >= 0.3 is 5.97 Å². The molecule has 11 heteroatoms. The third-order valence-corrected chi connectivity index (χ3v) is 4.50. The molecule has 1 saturated heterocycles. The highest BCUT2D eigenvalue weighted by molar-refractivity contribution is 5.92. The van der Waals surface area contributed by atoms with Gasteiger partial charge in [-0.2, -0.15) is 5.10 Å². The maximum Gasteiger partial charge on any atom is 0.343 e. The number of nitrogens with zero attached hydrogens (tertiary/aromatic N) is 2. The van der Waals surface area contributed by atoms with Crippen molar-refractivity contribution in [3.63, 3.8) is 0 Å². The molecule has 1 fully saturated rings. The summed E-state index contributed by atoms with van der Waals surface area (Å²) in [7, 11) is 1.42. The summed E-state index contributed by atoms with van der Waals surface area (Å²) in [6.45, 7) is 1.96. The van der Waals surface area contributed by atoms with Gasteiger partial charge in [0.15, 0.2) is 11.5 Å². The minimum atomic E-state index is -0.686. The highest BCUT2D eigenvalue weighted by Crippen LogP contribution is 2.28. The molecule has 3 N–H and O–H groups in total. The van der Waals surface area contributed by atoms with Gasteiger partial charge in [-0.25, -0.2) is 15.6 Å². The number of esters is 1. The lowest BCUT2D eigenvalue weighted by atomic mass is 10.1. The summed E-state index contributed by atoms with van der Waals surface area (Å²) >= 11 is 0. The van der Waals surface area contributed by atoms with E-state index in [1.54, 1.807) is 12.1 Å². The Morgan fingerprint density at radius 2 is 1.94 bits per heavy atom. The first-order chi connectivity index (χ1) is 14.9. The lowest BCUT2D eigenvalue weighted by Crippen LogP contribution is -2.41. The Balaban J connectivity index is 1.63. The van der Waals surface area contributed by atoms with Crippen molar-refractivity contribution < 1.29 is 24.0 Å². The average Bonchev–Trinajstić information content (AvgIpc) is 3.21. The molecule has 1 aliphatic rings. The number of carbonyl (C=O) groups excluding carboxylic acids is 2. The number of hydrogen-bond donors (Lipinski definition) is 3. The van der Waals surface area contributed by atoms with E-state index in [2.05, 4.69) is 21.4 Å². The van der Waals surface area contributed by atoms with Crippen LogP contribution in [0.15, 0.2) is 47.6 Å². The third kappa shape index (κ3) is 5.62. The van der Waals surface area contributed by atoms with Crippen molar-refractivity contribution in [1.29, 1.82) is 0 Å². The van der Waals surface area contributed by atoms with Crippen LogP contribution in [0.3, 0.4) is 0 Å². The van der Waals surface area contributed by atoms with Crippen LogP contribution in [0.25, 0.3) is 0 Å². The van der Waals surface area contributed by atoms with Crippen LogP contribution in [0.1, 0.15) is 29.3 Å². The van der Waals surface area contributed by atoms with Crippen LogP contribution >= 0.6 is 0 Å². The number of ether oxygens (including phenoxy) is 2. The van der Waals surface area contributed by atoms with Gasteiger partial charge in [-0.15, -0.1) is 0 Å². The van der Waals surface area contributed by atoms with E-state index in [0.717, 1.165) is 0 Å². The summed E-state index contributed by atoms with van der Waals surface area (Å²) in [5.41, 5.74) is 8.95. The molecule has 2 unspecified atom stereocenters. The zero-order chi connectivity index (χ0) is 22.4. The topological polar surface area (TPSA) is 144 Å². The molecule has 3 rings (SSSR count). The van der Waals surface area contributed by atoms with Crippen molar-refractivity contribution in [2.45, 2.75) is 25.4 Å². The summed E-state index contributed by atoms with van der Waals surface area (Å²) in [5, 5.41) is 14.7. The van der Waals surface area contributed by atoms with Crippen LogP contribution in [-0.4, -0.2) is 42.2 Å². The first kappa shape index (κ1) is 21.9. The number of carbonyl (C=O) groups is 2. The van der Waals surface area contributed by atoms with Gasteiger partial charge in [0.05, 0.1) is 23.8 Å². The van der Waals surface area contributed by atoms with Crippen molar-refractivity contribution in [3.05, 3.63) is 63.7 Å². The van der Waals surface area contributed by atoms with Crippen LogP contribution in [0.4, 0.5) is 5.69 Å². The van der Waals surface area contributed by atoms with E-state index < -0.39 is 10.9 Å². The number of hydrogen-bond acceptors (Lipinski definition) is 9. The van der Waals surface area contributed by atoms with E-state index in [4.69, 9.17) is 9.47 Å². The van der Waals surface area contributed by atoms with Crippen molar-refractivity contribution >= 4 is 23.8 Å². The maximum absolute atomic E-state index is 12.3. The number of benzene rings is 2. The predicted molar refractivity (Wildman–Crippen MR) is 111 cm³/mol. The van der Waals surface area contributed by atoms with Gasteiger partial charge in [0.2, 0.25) is 0 Å². The number of rotatable bonds is 7. The fourth-order valence-electron chi connectivity index (χ4n) is 2.86. The number of nitrogens with one attached hydrogen (secondary N) is 3. The molecular weight excluding hydrogens is 406 g/mol. The van der Waals surface area contributed by atoms with E-state index >= 15 is 0 Å². The summed E-state index contributed by atoms with van der Waals surface area (Å²) in [4.78, 5) is 34.5. The first-order valence-electron chi connectivity index (χ1n) is 9.36. The van der Waals surface area contributed by atoms with Gasteiger partial charge < -0.3 is 9.47 Å². The quantitative estimate of drug-likeness (QED) is 0.198. The second-order valence-corrected chi connectivity index (χ2v) is 6.82. The highest BCUT2D eigenvalue weighted by atomic mass is 16.6. The Morgan fingerprint density at radius 3 is 2.55 bits per heavy atom. The van der Waals surface area contributed by atoms with E-state index in [9.17, 15) is 19.7 Å². The number of hydrazone groups is 1. The molecular formula is C20H21N5O6. The average molecular weight is 427 g/mol. The van der Waals surface area contributed by atoms with Crippen LogP contribution in [0.2, 0.25) is 0 Å². The lowest BCUT2D eigenvalue weighted by Gasteiger charge is -2.10. The highest BCUT2D eigenvalue weighted by Gasteiger charge is 2.26. The van der Waals surface area contributed by atoms with Gasteiger partial charge in [0.25, 0.3) is 11.6 Å².